The third kappa shape index (κ3) is 11.4. The number of methoxy groups -OCH3 is 1. The van der Waals surface area contributed by atoms with Crippen LogP contribution < -0.4 is 0 Å². The van der Waals surface area contributed by atoms with E-state index in [1.807, 2.05) is 105 Å². The van der Waals surface area contributed by atoms with Gasteiger partial charge in [0, 0.05) is 41.4 Å². The predicted molar refractivity (Wildman–Crippen MR) is 267 cm³/mol. The van der Waals surface area contributed by atoms with Crippen molar-refractivity contribution in [3.05, 3.63) is 167 Å². The topological polar surface area (TPSA) is 177 Å². The van der Waals surface area contributed by atoms with Crippen LogP contribution in [0.4, 0.5) is 0 Å². The first kappa shape index (κ1) is 48.8. The smallest absolute Gasteiger partial charge is 0.317 e. The van der Waals surface area contributed by atoms with Crippen LogP contribution in [0.15, 0.2) is 143 Å². The molecule has 0 aliphatic rings. The summed E-state index contributed by atoms with van der Waals surface area (Å²) in [6, 6.07) is 44.2. The molecule has 0 saturated carbocycles. The maximum atomic E-state index is 11.2. The highest BCUT2D eigenvalue weighted by molar-refractivity contribution is 5.76. The Balaban J connectivity index is 0.970. The lowest BCUT2D eigenvalue weighted by molar-refractivity contribution is -0.139. The summed E-state index contributed by atoms with van der Waals surface area (Å²) in [5.74, 6) is -0.0725. The van der Waals surface area contributed by atoms with E-state index in [-0.39, 0.29) is 25.2 Å². The first-order chi connectivity index (χ1) is 33.9. The van der Waals surface area contributed by atoms with Crippen molar-refractivity contribution >= 4 is 11.9 Å². The van der Waals surface area contributed by atoms with Gasteiger partial charge in [0.25, 0.3) is 11.8 Å². The van der Waals surface area contributed by atoms with Gasteiger partial charge in [0.1, 0.15) is 0 Å². The highest BCUT2D eigenvalue weighted by atomic mass is 16.5. The van der Waals surface area contributed by atoms with Crippen LogP contribution in [0, 0.1) is 6.92 Å². The number of carbonyl (C=O) groups is 2. The Morgan fingerprint density at radius 1 is 0.571 bits per heavy atom. The maximum Gasteiger partial charge on any atom is 0.317 e. The summed E-state index contributed by atoms with van der Waals surface area (Å²) in [6.07, 6.45) is 0.657. The molecule has 2 atom stereocenters. The van der Waals surface area contributed by atoms with E-state index >= 15 is 0 Å². The van der Waals surface area contributed by atoms with Crippen molar-refractivity contribution in [2.24, 2.45) is 0 Å². The average Bonchev–Trinajstić information content (AvgIpc) is 4.07. The van der Waals surface area contributed by atoms with Crippen molar-refractivity contribution in [2.45, 2.75) is 52.5 Å². The lowest BCUT2D eigenvalue weighted by Crippen LogP contribution is -2.28. The van der Waals surface area contributed by atoms with Gasteiger partial charge in [-0.15, -0.1) is 0 Å². The summed E-state index contributed by atoms with van der Waals surface area (Å²) in [5, 5.41) is 27.0. The molecule has 358 valence electrons. The van der Waals surface area contributed by atoms with Gasteiger partial charge in [0.2, 0.25) is 11.6 Å². The Morgan fingerprint density at radius 3 is 1.51 bits per heavy atom. The second kappa shape index (κ2) is 22.2. The summed E-state index contributed by atoms with van der Waals surface area (Å²) >= 11 is 0. The SMILES string of the molecule is COCc1cc(-c2nc(-c3ccc(C(C)N(C)CC(=O)O)cc3)no2)ccc1-c1ccccc1CCOCc1cc(-c2nc(-c3ccc(C(C)N(C)CC(=O)O)cc3)no2)ccc1-c1ccccc1C. The van der Waals surface area contributed by atoms with Crippen LogP contribution in [0.1, 0.15) is 59.3 Å². The molecule has 2 aromatic heterocycles. The molecule has 2 unspecified atom stereocenters. The fraction of sp³-hybridized carbons (Fsp3) is 0.250. The molecule has 14 nitrogen and oxygen atoms in total. The minimum Gasteiger partial charge on any atom is -0.480 e. The molecular formula is C56H56N6O8. The lowest BCUT2D eigenvalue weighted by Gasteiger charge is -2.23. The largest absolute Gasteiger partial charge is 0.480 e. The van der Waals surface area contributed by atoms with Crippen LogP contribution in [0.3, 0.4) is 0 Å². The number of rotatable bonds is 21. The van der Waals surface area contributed by atoms with E-state index in [2.05, 4.69) is 59.7 Å². The Kier molecular flexibility index (Phi) is 15.5. The minimum atomic E-state index is -0.873. The molecule has 14 heteroatoms. The van der Waals surface area contributed by atoms with Gasteiger partial charge in [-0.1, -0.05) is 120 Å². The summed E-state index contributed by atoms with van der Waals surface area (Å²) in [5.41, 5.74) is 13.6. The molecular weight excluding hydrogens is 885 g/mol. The number of hydrogen-bond acceptors (Lipinski definition) is 12. The van der Waals surface area contributed by atoms with E-state index in [1.165, 1.54) is 0 Å². The van der Waals surface area contributed by atoms with Crippen molar-refractivity contribution in [3.63, 3.8) is 0 Å². The molecule has 0 radical (unpaired) electrons. The second-order valence-electron chi connectivity index (χ2n) is 17.5. The molecule has 2 N–H and O–H groups in total. The van der Waals surface area contributed by atoms with Gasteiger partial charge in [-0.05, 0) is 121 Å². The predicted octanol–water partition coefficient (Wildman–Crippen LogP) is 10.8. The average molecular weight is 941 g/mol. The molecule has 0 fully saturated rings. The van der Waals surface area contributed by atoms with Gasteiger partial charge in [0.05, 0.1) is 32.9 Å². The Morgan fingerprint density at radius 2 is 1.01 bits per heavy atom. The number of benzene rings is 6. The van der Waals surface area contributed by atoms with Crippen LogP contribution in [0.5, 0.6) is 0 Å². The first-order valence-corrected chi connectivity index (χ1v) is 23.1. The van der Waals surface area contributed by atoms with Crippen LogP contribution in [-0.4, -0.2) is 93.1 Å². The van der Waals surface area contributed by atoms with Crippen molar-refractivity contribution in [1.29, 1.82) is 0 Å². The molecule has 2 heterocycles. The number of aromatic nitrogens is 4. The van der Waals surface area contributed by atoms with Gasteiger partial charge in [-0.3, -0.25) is 19.4 Å². The lowest BCUT2D eigenvalue weighted by atomic mass is 9.93. The van der Waals surface area contributed by atoms with Crippen molar-refractivity contribution < 1.29 is 38.3 Å². The van der Waals surface area contributed by atoms with Gasteiger partial charge in [-0.25, -0.2) is 0 Å². The normalized spacial score (nSPS) is 12.4. The molecule has 0 aliphatic carbocycles. The van der Waals surface area contributed by atoms with Gasteiger partial charge in [0.15, 0.2) is 0 Å². The zero-order chi connectivity index (χ0) is 49.3. The van der Waals surface area contributed by atoms with Gasteiger partial charge in [-0.2, -0.15) is 9.97 Å². The highest BCUT2D eigenvalue weighted by Crippen LogP contribution is 2.35. The maximum absolute atomic E-state index is 11.2. The van der Waals surface area contributed by atoms with Gasteiger partial charge >= 0.3 is 11.9 Å². The summed E-state index contributed by atoms with van der Waals surface area (Å²) in [7, 11) is 5.25. The van der Waals surface area contributed by atoms with Crippen LogP contribution in [0.2, 0.25) is 0 Å². The Hall–Kier alpha value is -7.62. The zero-order valence-electron chi connectivity index (χ0n) is 40.1. The van der Waals surface area contributed by atoms with E-state index < -0.39 is 11.9 Å². The number of carboxylic acid groups (broad SMARTS) is 2. The quantitative estimate of drug-likeness (QED) is 0.0650. The molecule has 8 aromatic rings. The van der Waals surface area contributed by atoms with Gasteiger partial charge < -0.3 is 28.7 Å². The third-order valence-electron chi connectivity index (χ3n) is 12.8. The number of ether oxygens (including phenoxy) is 2. The molecule has 0 aliphatic heterocycles. The van der Waals surface area contributed by atoms with Crippen molar-refractivity contribution in [2.75, 3.05) is 40.9 Å². The van der Waals surface area contributed by atoms with Crippen LogP contribution in [0.25, 0.3) is 67.9 Å². The van der Waals surface area contributed by atoms with E-state index in [1.54, 1.807) is 31.0 Å². The number of aliphatic carboxylic acids is 2. The number of nitrogens with zero attached hydrogens (tertiary/aromatic N) is 6. The Labute approximate surface area is 407 Å². The summed E-state index contributed by atoms with van der Waals surface area (Å²) in [4.78, 5) is 35.5. The number of likely N-dealkylation sites (N-methyl/N-ethyl adjacent to an activating group) is 2. The van der Waals surface area contributed by atoms with E-state index in [0.29, 0.717) is 49.7 Å². The van der Waals surface area contributed by atoms with E-state index in [9.17, 15) is 19.8 Å². The molecule has 6 aromatic carbocycles. The van der Waals surface area contributed by atoms with Crippen molar-refractivity contribution in [3.8, 4) is 67.9 Å². The minimum absolute atomic E-state index is 0.0561. The van der Waals surface area contributed by atoms with Crippen LogP contribution in [-0.2, 0) is 38.7 Å². The molecule has 0 spiro atoms. The second-order valence-corrected chi connectivity index (χ2v) is 17.5. The molecule has 8 rings (SSSR count). The highest BCUT2D eigenvalue weighted by Gasteiger charge is 2.20. The van der Waals surface area contributed by atoms with E-state index in [0.717, 1.165) is 77.9 Å². The monoisotopic (exact) mass is 940 g/mol. The number of hydrogen-bond donors (Lipinski definition) is 2. The summed E-state index contributed by atoms with van der Waals surface area (Å²) in [6.45, 7) is 7.10. The fourth-order valence-corrected chi connectivity index (χ4v) is 8.56. The first-order valence-electron chi connectivity index (χ1n) is 23.1. The van der Waals surface area contributed by atoms with Crippen LogP contribution >= 0.6 is 0 Å². The molecule has 70 heavy (non-hydrogen) atoms. The zero-order valence-corrected chi connectivity index (χ0v) is 40.1. The molecule has 0 bridgehead atoms. The summed E-state index contributed by atoms with van der Waals surface area (Å²) < 4.78 is 23.8. The molecule has 0 saturated heterocycles. The Bertz CT molecular complexity index is 3070. The van der Waals surface area contributed by atoms with E-state index in [4.69, 9.17) is 28.5 Å². The third-order valence-corrected chi connectivity index (χ3v) is 12.8. The molecule has 0 amide bonds. The van der Waals surface area contributed by atoms with Crippen molar-refractivity contribution in [1.82, 2.24) is 30.1 Å². The number of carboxylic acids is 2. The standard InChI is InChI=1S/C56H56N6O8/c1-35-11-7-9-13-47(35)49-25-23-44(56-58-54(60-70-56)42-21-17-39(18-22-42)37(3)62(5)32-52(65)66)30-46(49)34-68-28-27-40-12-8-10-14-48(40)50-26-24-43(29-45(50)33-67-6)55-57-53(59-69-55)41-19-15-38(16-20-41)36(2)61(4)31-51(63)64/h7-26,29-30,36-37H,27-28,31-34H2,1-6H3,(H,63,64)(H,65,66). The fourth-order valence-electron chi connectivity index (χ4n) is 8.56. The number of aryl methyl sites for hydroxylation is 1.